The van der Waals surface area contributed by atoms with Crippen molar-refractivity contribution in [3.05, 3.63) is 35.4 Å². The molecule has 1 aromatic rings. The van der Waals surface area contributed by atoms with Gasteiger partial charge in [-0.3, -0.25) is 4.18 Å². The molecule has 4 heteroatoms. The standard InChI is InChI=1S/C10H12O3S/c1-14(11,12)13-7-9-6-8-4-2-3-5-10(8)9/h2-5,9H,6-7H2,1H3/t9-/m1/s1. The van der Waals surface area contributed by atoms with Crippen LogP contribution in [-0.4, -0.2) is 21.3 Å². The fourth-order valence-corrected chi connectivity index (χ4v) is 2.13. The molecule has 3 nitrogen and oxygen atoms in total. The predicted molar refractivity (Wildman–Crippen MR) is 53.7 cm³/mol. The van der Waals surface area contributed by atoms with Crippen molar-refractivity contribution in [1.82, 2.24) is 0 Å². The minimum Gasteiger partial charge on any atom is -0.270 e. The van der Waals surface area contributed by atoms with Crippen molar-refractivity contribution in [3.63, 3.8) is 0 Å². The average Bonchev–Trinajstić information content (AvgIpc) is 2.04. The van der Waals surface area contributed by atoms with Crippen LogP contribution in [0.25, 0.3) is 0 Å². The number of fused-ring (bicyclic) bond motifs is 1. The smallest absolute Gasteiger partial charge is 0.264 e. The highest BCUT2D eigenvalue weighted by Gasteiger charge is 2.26. The quantitative estimate of drug-likeness (QED) is 0.709. The van der Waals surface area contributed by atoms with Crippen LogP contribution in [0.2, 0.25) is 0 Å². The van der Waals surface area contributed by atoms with Gasteiger partial charge in [-0.05, 0) is 17.5 Å². The van der Waals surface area contributed by atoms with Gasteiger partial charge in [0.1, 0.15) is 0 Å². The zero-order valence-electron chi connectivity index (χ0n) is 7.93. The van der Waals surface area contributed by atoms with Gasteiger partial charge in [0.05, 0.1) is 12.9 Å². The van der Waals surface area contributed by atoms with Crippen LogP contribution in [0.4, 0.5) is 0 Å². The molecule has 0 saturated heterocycles. The molecule has 0 saturated carbocycles. The van der Waals surface area contributed by atoms with Crippen LogP contribution in [0.5, 0.6) is 0 Å². The molecule has 0 fully saturated rings. The van der Waals surface area contributed by atoms with E-state index < -0.39 is 10.1 Å². The van der Waals surface area contributed by atoms with Crippen LogP contribution < -0.4 is 0 Å². The lowest BCUT2D eigenvalue weighted by Gasteiger charge is -2.29. The van der Waals surface area contributed by atoms with Crippen LogP contribution in [0, 0.1) is 0 Å². The minimum atomic E-state index is -3.30. The van der Waals surface area contributed by atoms with E-state index in [0.717, 1.165) is 12.7 Å². The molecule has 1 aliphatic rings. The molecule has 0 bridgehead atoms. The van der Waals surface area contributed by atoms with Crippen LogP contribution in [0.15, 0.2) is 24.3 Å². The van der Waals surface area contributed by atoms with Gasteiger partial charge in [0, 0.05) is 5.92 Å². The Bertz CT molecular complexity index is 436. The molecule has 0 heterocycles. The van der Waals surface area contributed by atoms with Crippen LogP contribution in [0.1, 0.15) is 17.0 Å². The van der Waals surface area contributed by atoms with Crippen molar-refractivity contribution >= 4 is 10.1 Å². The SMILES string of the molecule is CS(=O)(=O)OC[C@H]1Cc2ccccc21. The molecular formula is C10H12O3S. The van der Waals surface area contributed by atoms with Crippen LogP contribution in [0.3, 0.4) is 0 Å². The second-order valence-electron chi connectivity index (χ2n) is 3.59. The Labute approximate surface area is 83.8 Å². The minimum absolute atomic E-state index is 0.251. The van der Waals surface area contributed by atoms with Gasteiger partial charge in [0.15, 0.2) is 0 Å². The van der Waals surface area contributed by atoms with E-state index in [4.69, 9.17) is 4.18 Å². The molecule has 76 valence electrons. The summed E-state index contributed by atoms with van der Waals surface area (Å²) in [5, 5.41) is 0. The summed E-state index contributed by atoms with van der Waals surface area (Å²) in [5.74, 6) is 0.251. The molecule has 0 amide bonds. The maximum Gasteiger partial charge on any atom is 0.264 e. The predicted octanol–water partition coefficient (Wildman–Crippen LogP) is 1.30. The van der Waals surface area contributed by atoms with Crippen molar-refractivity contribution < 1.29 is 12.6 Å². The summed E-state index contributed by atoms with van der Waals surface area (Å²) in [7, 11) is -3.30. The fraction of sp³-hybridized carbons (Fsp3) is 0.400. The van der Waals surface area contributed by atoms with E-state index in [0.29, 0.717) is 0 Å². The van der Waals surface area contributed by atoms with E-state index in [1.165, 1.54) is 11.1 Å². The van der Waals surface area contributed by atoms with Crippen LogP contribution >= 0.6 is 0 Å². The first-order valence-corrected chi connectivity index (χ1v) is 6.30. The van der Waals surface area contributed by atoms with Gasteiger partial charge >= 0.3 is 0 Å². The van der Waals surface area contributed by atoms with Crippen molar-refractivity contribution in [1.29, 1.82) is 0 Å². The highest BCUT2D eigenvalue weighted by molar-refractivity contribution is 7.85. The zero-order chi connectivity index (χ0) is 10.2. The zero-order valence-corrected chi connectivity index (χ0v) is 8.75. The number of hydrogen-bond acceptors (Lipinski definition) is 3. The first kappa shape index (κ1) is 9.68. The summed E-state index contributed by atoms with van der Waals surface area (Å²) < 4.78 is 26.3. The van der Waals surface area contributed by atoms with Crippen molar-refractivity contribution in [2.45, 2.75) is 12.3 Å². The maximum absolute atomic E-state index is 10.8. The van der Waals surface area contributed by atoms with Gasteiger partial charge in [0.2, 0.25) is 0 Å². The lowest BCUT2D eigenvalue weighted by Crippen LogP contribution is -2.23. The third kappa shape index (κ3) is 1.96. The second-order valence-corrected chi connectivity index (χ2v) is 5.23. The Morgan fingerprint density at radius 3 is 2.79 bits per heavy atom. The fourth-order valence-electron chi connectivity index (χ4n) is 1.72. The molecule has 14 heavy (non-hydrogen) atoms. The summed E-state index contributed by atoms with van der Waals surface area (Å²) in [6, 6.07) is 8.04. The largest absolute Gasteiger partial charge is 0.270 e. The molecule has 0 unspecified atom stereocenters. The monoisotopic (exact) mass is 212 g/mol. The first-order chi connectivity index (χ1) is 6.56. The Hall–Kier alpha value is -0.870. The van der Waals surface area contributed by atoms with Crippen molar-refractivity contribution in [2.24, 2.45) is 0 Å². The number of rotatable bonds is 3. The van der Waals surface area contributed by atoms with E-state index >= 15 is 0 Å². The summed E-state index contributed by atoms with van der Waals surface area (Å²) in [6.07, 6.45) is 2.00. The molecule has 1 atom stereocenters. The van der Waals surface area contributed by atoms with Gasteiger partial charge in [-0.2, -0.15) is 8.42 Å². The first-order valence-electron chi connectivity index (χ1n) is 4.48. The molecule has 2 rings (SSSR count). The summed E-state index contributed by atoms with van der Waals surface area (Å²) >= 11 is 0. The van der Waals surface area contributed by atoms with Gasteiger partial charge in [-0.25, -0.2) is 0 Å². The number of hydrogen-bond donors (Lipinski definition) is 0. The van der Waals surface area contributed by atoms with Crippen molar-refractivity contribution in [3.8, 4) is 0 Å². The van der Waals surface area contributed by atoms with E-state index in [1.54, 1.807) is 0 Å². The van der Waals surface area contributed by atoms with Gasteiger partial charge in [-0.1, -0.05) is 24.3 Å². The maximum atomic E-state index is 10.8. The summed E-state index contributed by atoms with van der Waals surface area (Å²) in [4.78, 5) is 0. The third-order valence-corrected chi connectivity index (χ3v) is 3.01. The second kappa shape index (κ2) is 3.37. The van der Waals surface area contributed by atoms with E-state index in [2.05, 4.69) is 6.07 Å². The van der Waals surface area contributed by atoms with Gasteiger partial charge in [-0.15, -0.1) is 0 Å². The molecular weight excluding hydrogens is 200 g/mol. The van der Waals surface area contributed by atoms with Crippen LogP contribution in [-0.2, 0) is 20.7 Å². The molecule has 0 N–H and O–H groups in total. The van der Waals surface area contributed by atoms with E-state index in [1.807, 2.05) is 18.2 Å². The van der Waals surface area contributed by atoms with E-state index in [9.17, 15) is 8.42 Å². The van der Waals surface area contributed by atoms with Gasteiger partial charge < -0.3 is 0 Å². The third-order valence-electron chi connectivity index (χ3n) is 2.44. The molecule has 0 spiro atoms. The number of benzene rings is 1. The molecule has 0 radical (unpaired) electrons. The molecule has 1 aliphatic carbocycles. The van der Waals surface area contributed by atoms with Gasteiger partial charge in [0.25, 0.3) is 10.1 Å². The average molecular weight is 212 g/mol. The topological polar surface area (TPSA) is 43.4 Å². The summed E-state index contributed by atoms with van der Waals surface area (Å²) in [6.45, 7) is 0.274. The summed E-state index contributed by atoms with van der Waals surface area (Å²) in [5.41, 5.74) is 2.52. The normalized spacial score (nSPS) is 19.9. The van der Waals surface area contributed by atoms with E-state index in [-0.39, 0.29) is 12.5 Å². The Balaban J connectivity index is 2.00. The molecule has 0 aromatic heterocycles. The Morgan fingerprint density at radius 1 is 1.43 bits per heavy atom. The lowest BCUT2D eigenvalue weighted by atomic mass is 9.78. The Kier molecular flexibility index (Phi) is 2.33. The highest BCUT2D eigenvalue weighted by Crippen LogP contribution is 2.34. The van der Waals surface area contributed by atoms with Crippen molar-refractivity contribution in [2.75, 3.05) is 12.9 Å². The highest BCUT2D eigenvalue weighted by atomic mass is 32.2. The lowest BCUT2D eigenvalue weighted by molar-refractivity contribution is 0.282. The molecule has 1 aromatic carbocycles. The molecule has 0 aliphatic heterocycles. The Morgan fingerprint density at radius 2 is 2.14 bits per heavy atom.